The number of hydrogen-bond acceptors (Lipinski definition) is 2. The minimum absolute atomic E-state index is 0.217. The highest BCUT2D eigenvalue weighted by Crippen LogP contribution is 2.51. The Hall–Kier alpha value is -1.80. The van der Waals surface area contributed by atoms with Crippen molar-refractivity contribution in [2.45, 2.75) is 44.6 Å². The predicted octanol–water partition coefficient (Wildman–Crippen LogP) is 6.97. The van der Waals surface area contributed by atoms with E-state index in [0.29, 0.717) is 0 Å². The fraction of sp³-hybridized carbons (Fsp3) is 0.364. The molecule has 1 aliphatic carbocycles. The van der Waals surface area contributed by atoms with Crippen LogP contribution in [0, 0.1) is 5.92 Å². The highest BCUT2D eigenvalue weighted by Gasteiger charge is 2.32. The lowest BCUT2D eigenvalue weighted by Gasteiger charge is -2.31. The van der Waals surface area contributed by atoms with Crippen LogP contribution in [0.25, 0.3) is 20.5 Å². The van der Waals surface area contributed by atoms with Gasteiger partial charge in [-0.3, -0.25) is 0 Å². The van der Waals surface area contributed by atoms with E-state index in [2.05, 4.69) is 48.5 Å². The zero-order valence-corrected chi connectivity index (χ0v) is 14.6. The van der Waals surface area contributed by atoms with Gasteiger partial charge in [-0.1, -0.05) is 62.4 Å². The summed E-state index contributed by atoms with van der Waals surface area (Å²) in [4.78, 5) is 1.43. The summed E-state index contributed by atoms with van der Waals surface area (Å²) >= 11 is 1.93. The van der Waals surface area contributed by atoms with Gasteiger partial charge < -0.3 is 4.74 Å². The minimum atomic E-state index is 0.217. The van der Waals surface area contributed by atoms with Crippen LogP contribution in [-0.2, 0) is 0 Å². The SMILES string of the molecule is c1ccc2c(c1)OC(CC1CCCCC1)c1c-2sc2ccccc12. The number of hydrogen-bond donors (Lipinski definition) is 0. The first-order chi connectivity index (χ1) is 11.9. The van der Waals surface area contributed by atoms with Crippen molar-refractivity contribution < 1.29 is 4.74 Å². The van der Waals surface area contributed by atoms with E-state index in [1.54, 1.807) is 0 Å². The van der Waals surface area contributed by atoms with Crippen LogP contribution < -0.4 is 4.74 Å². The summed E-state index contributed by atoms with van der Waals surface area (Å²) in [5.41, 5.74) is 2.72. The van der Waals surface area contributed by atoms with Crippen LogP contribution in [0.2, 0.25) is 0 Å². The van der Waals surface area contributed by atoms with Crippen molar-refractivity contribution in [2.24, 2.45) is 5.92 Å². The van der Waals surface area contributed by atoms with Gasteiger partial charge in [0.25, 0.3) is 0 Å². The zero-order chi connectivity index (χ0) is 15.9. The van der Waals surface area contributed by atoms with Crippen molar-refractivity contribution in [3.8, 4) is 16.2 Å². The van der Waals surface area contributed by atoms with Gasteiger partial charge >= 0.3 is 0 Å². The average molecular weight is 334 g/mol. The molecule has 0 amide bonds. The Bertz CT molecular complexity index is 873. The smallest absolute Gasteiger partial charge is 0.128 e. The van der Waals surface area contributed by atoms with Crippen LogP contribution in [0.3, 0.4) is 0 Å². The summed E-state index contributed by atoms with van der Waals surface area (Å²) in [7, 11) is 0. The zero-order valence-electron chi connectivity index (χ0n) is 13.8. The number of ether oxygens (including phenoxy) is 1. The molecule has 1 unspecified atom stereocenters. The molecule has 1 aliphatic heterocycles. The van der Waals surface area contributed by atoms with E-state index in [4.69, 9.17) is 4.74 Å². The fourth-order valence-electron chi connectivity index (χ4n) is 4.45. The van der Waals surface area contributed by atoms with Crippen LogP contribution in [0.1, 0.15) is 50.2 Å². The molecule has 1 atom stereocenters. The third-order valence-electron chi connectivity index (χ3n) is 5.63. The van der Waals surface area contributed by atoms with Gasteiger partial charge in [0.1, 0.15) is 11.9 Å². The highest BCUT2D eigenvalue weighted by molar-refractivity contribution is 7.22. The van der Waals surface area contributed by atoms with E-state index >= 15 is 0 Å². The molecule has 0 radical (unpaired) electrons. The number of thiophene rings is 1. The Balaban J connectivity index is 1.63. The minimum Gasteiger partial charge on any atom is -0.485 e. The Kier molecular flexibility index (Phi) is 3.59. The Morgan fingerprint density at radius 3 is 2.62 bits per heavy atom. The van der Waals surface area contributed by atoms with Crippen LogP contribution in [0.15, 0.2) is 48.5 Å². The first-order valence-electron chi connectivity index (χ1n) is 9.17. The molecule has 5 rings (SSSR count). The second-order valence-electron chi connectivity index (χ2n) is 7.18. The van der Waals surface area contributed by atoms with Gasteiger partial charge in [0.15, 0.2) is 0 Å². The maximum Gasteiger partial charge on any atom is 0.128 e. The molecular formula is C22H22OS. The molecule has 0 saturated heterocycles. The molecule has 1 fully saturated rings. The molecule has 1 nitrogen and oxygen atoms in total. The standard InChI is InChI=1S/C22H22OS/c1-2-8-15(9-3-1)14-19-21-17-11-5-7-13-20(17)24-22(21)16-10-4-6-12-18(16)23-19/h4-7,10-13,15,19H,1-3,8-9,14H2. The molecule has 2 heteroatoms. The topological polar surface area (TPSA) is 9.23 Å². The average Bonchev–Trinajstić information content (AvgIpc) is 3.03. The molecule has 2 heterocycles. The number of rotatable bonds is 2. The number of para-hydroxylation sites is 1. The lowest BCUT2D eigenvalue weighted by atomic mass is 9.83. The van der Waals surface area contributed by atoms with Gasteiger partial charge in [-0.25, -0.2) is 0 Å². The van der Waals surface area contributed by atoms with Crippen LogP contribution in [0.4, 0.5) is 0 Å². The van der Waals surface area contributed by atoms with E-state index in [9.17, 15) is 0 Å². The van der Waals surface area contributed by atoms with Crippen molar-refractivity contribution in [3.05, 3.63) is 54.1 Å². The van der Waals surface area contributed by atoms with Crippen LogP contribution in [0.5, 0.6) is 5.75 Å². The van der Waals surface area contributed by atoms with Gasteiger partial charge in [-0.15, -0.1) is 11.3 Å². The van der Waals surface area contributed by atoms with E-state index < -0.39 is 0 Å². The summed E-state index contributed by atoms with van der Waals surface area (Å²) in [5, 5.41) is 1.40. The molecule has 1 aromatic heterocycles. The largest absolute Gasteiger partial charge is 0.485 e. The fourth-order valence-corrected chi connectivity index (χ4v) is 5.73. The molecule has 122 valence electrons. The normalized spacial score (nSPS) is 20.4. The van der Waals surface area contributed by atoms with E-state index in [-0.39, 0.29) is 6.10 Å². The third-order valence-corrected chi connectivity index (χ3v) is 6.85. The summed E-state index contributed by atoms with van der Waals surface area (Å²) in [6.45, 7) is 0. The highest BCUT2D eigenvalue weighted by atomic mass is 32.1. The molecule has 2 aromatic carbocycles. The molecule has 0 bridgehead atoms. The monoisotopic (exact) mass is 334 g/mol. The number of benzene rings is 2. The lowest BCUT2D eigenvalue weighted by Crippen LogP contribution is -2.18. The molecule has 0 spiro atoms. The summed E-state index contributed by atoms with van der Waals surface area (Å²) in [5.74, 6) is 1.89. The van der Waals surface area contributed by atoms with Gasteiger partial charge in [0.2, 0.25) is 0 Å². The summed E-state index contributed by atoms with van der Waals surface area (Å²) in [6.07, 6.45) is 8.34. The van der Waals surface area contributed by atoms with Crippen molar-refractivity contribution in [1.29, 1.82) is 0 Å². The molecule has 1 saturated carbocycles. The first-order valence-corrected chi connectivity index (χ1v) is 9.99. The van der Waals surface area contributed by atoms with Crippen LogP contribution in [-0.4, -0.2) is 0 Å². The predicted molar refractivity (Wildman–Crippen MR) is 102 cm³/mol. The second kappa shape index (κ2) is 5.93. The van der Waals surface area contributed by atoms with E-state index in [0.717, 1.165) is 11.7 Å². The van der Waals surface area contributed by atoms with Gasteiger partial charge in [-0.2, -0.15) is 0 Å². The van der Waals surface area contributed by atoms with E-state index in [1.807, 2.05) is 11.3 Å². The van der Waals surface area contributed by atoms with E-state index in [1.165, 1.54) is 64.6 Å². The van der Waals surface area contributed by atoms with Crippen molar-refractivity contribution in [3.63, 3.8) is 0 Å². The molecule has 3 aromatic rings. The van der Waals surface area contributed by atoms with Crippen molar-refractivity contribution >= 4 is 21.4 Å². The maximum absolute atomic E-state index is 6.53. The molecular weight excluding hydrogens is 312 g/mol. The molecule has 24 heavy (non-hydrogen) atoms. The Morgan fingerprint density at radius 2 is 1.71 bits per heavy atom. The Labute approximate surface area is 147 Å². The first kappa shape index (κ1) is 14.5. The maximum atomic E-state index is 6.53. The van der Waals surface area contributed by atoms with Gasteiger partial charge in [0.05, 0.1) is 0 Å². The van der Waals surface area contributed by atoms with Crippen molar-refractivity contribution in [2.75, 3.05) is 0 Å². The molecule has 0 N–H and O–H groups in total. The quantitative estimate of drug-likeness (QED) is 0.491. The van der Waals surface area contributed by atoms with Crippen molar-refractivity contribution in [1.82, 2.24) is 0 Å². The summed E-state index contributed by atoms with van der Waals surface area (Å²) < 4.78 is 7.92. The molecule has 2 aliphatic rings. The number of fused-ring (bicyclic) bond motifs is 5. The van der Waals surface area contributed by atoms with Gasteiger partial charge in [-0.05, 0) is 35.9 Å². The van der Waals surface area contributed by atoms with Gasteiger partial charge in [0, 0.05) is 20.7 Å². The Morgan fingerprint density at radius 1 is 0.917 bits per heavy atom. The van der Waals surface area contributed by atoms with Crippen LogP contribution >= 0.6 is 11.3 Å². The summed E-state index contributed by atoms with van der Waals surface area (Å²) in [6, 6.07) is 17.4. The second-order valence-corrected chi connectivity index (χ2v) is 8.24. The third kappa shape index (κ3) is 2.36. The lowest BCUT2D eigenvalue weighted by molar-refractivity contribution is 0.153.